The summed E-state index contributed by atoms with van der Waals surface area (Å²) >= 11 is 0. The van der Waals surface area contributed by atoms with Crippen LogP contribution in [0.5, 0.6) is 0 Å². The van der Waals surface area contributed by atoms with E-state index in [1.54, 1.807) is 47.8 Å². The minimum absolute atomic E-state index is 0.0421. The van der Waals surface area contributed by atoms with Crippen LogP contribution in [0.1, 0.15) is 51.4 Å². The summed E-state index contributed by atoms with van der Waals surface area (Å²) in [6, 6.07) is 4.84. The van der Waals surface area contributed by atoms with Crippen LogP contribution in [0.2, 0.25) is 0 Å². The molecule has 0 spiro atoms. The van der Waals surface area contributed by atoms with E-state index < -0.39 is 0 Å². The third kappa shape index (κ3) is 8.15. The maximum atomic E-state index is 12.3. The zero-order valence-corrected chi connectivity index (χ0v) is 29.1. The van der Waals surface area contributed by atoms with Gasteiger partial charge in [-0.15, -0.1) is 0 Å². The fourth-order valence-electron chi connectivity index (χ4n) is 8.88. The summed E-state index contributed by atoms with van der Waals surface area (Å²) in [6.07, 6.45) is 7.54. The van der Waals surface area contributed by atoms with E-state index in [0.29, 0.717) is 61.9 Å². The highest BCUT2D eigenvalue weighted by atomic mass is 16.2. The van der Waals surface area contributed by atoms with E-state index in [9.17, 15) is 19.2 Å². The second-order valence-electron chi connectivity index (χ2n) is 15.1. The first kappa shape index (κ1) is 35.7. The summed E-state index contributed by atoms with van der Waals surface area (Å²) in [5.41, 5.74) is 0. The monoisotopic (exact) mass is 666 g/mol. The quantitative estimate of drug-likeness (QED) is 0.424. The molecule has 14 nitrogen and oxygen atoms in total. The summed E-state index contributed by atoms with van der Waals surface area (Å²) in [5, 5.41) is 24.9. The van der Waals surface area contributed by atoms with Crippen LogP contribution in [0.15, 0.2) is 0 Å². The number of hydrogen-bond acceptors (Lipinski definition) is 8. The Morgan fingerprint density at radius 2 is 0.958 bits per heavy atom. The maximum absolute atomic E-state index is 12.3. The maximum Gasteiger partial charge on any atom is 0.319 e. The standard InChI is InChI=1S/2C17H27N5O2/c2*1-20(2)17(24)21-10-12-6-14(7-13(12)11-21)19-9-16(23)22-5-3-4-15(22)8-18/h2*12-15,19H,3-7,9-11H2,1-2H3/t2*12-,13+,14?,15-/m00/s1. The lowest BCUT2D eigenvalue weighted by Crippen LogP contribution is -2.43. The molecule has 8 atom stereocenters. The number of nitrogens with zero attached hydrogens (tertiary/aromatic N) is 8. The molecule has 0 radical (unpaired) electrons. The van der Waals surface area contributed by atoms with E-state index >= 15 is 0 Å². The fourth-order valence-corrected chi connectivity index (χ4v) is 8.88. The molecule has 4 saturated heterocycles. The van der Waals surface area contributed by atoms with E-state index in [2.05, 4.69) is 22.8 Å². The van der Waals surface area contributed by atoms with Gasteiger partial charge in [-0.2, -0.15) is 10.5 Å². The summed E-state index contributed by atoms with van der Waals surface area (Å²) < 4.78 is 0. The highest BCUT2D eigenvalue weighted by molar-refractivity contribution is 5.80. The Labute approximate surface area is 285 Å². The van der Waals surface area contributed by atoms with Gasteiger partial charge in [-0.05, 0) is 75.0 Å². The van der Waals surface area contributed by atoms with Crippen molar-refractivity contribution in [3.63, 3.8) is 0 Å². The van der Waals surface area contributed by atoms with Crippen LogP contribution >= 0.6 is 0 Å². The number of carbonyl (C=O) groups is 4. The largest absolute Gasteiger partial charge is 0.331 e. The van der Waals surface area contributed by atoms with Crippen molar-refractivity contribution in [2.45, 2.75) is 75.5 Å². The molecular formula is C34H54N10O4. The van der Waals surface area contributed by atoms with Crippen molar-refractivity contribution in [1.82, 2.24) is 40.0 Å². The number of carbonyl (C=O) groups excluding carboxylic acids is 4. The molecule has 2 saturated carbocycles. The van der Waals surface area contributed by atoms with Crippen molar-refractivity contribution in [2.24, 2.45) is 23.7 Å². The summed E-state index contributed by atoms with van der Waals surface area (Å²) in [4.78, 5) is 59.2. The van der Waals surface area contributed by atoms with Crippen molar-refractivity contribution in [3.8, 4) is 12.1 Å². The molecule has 48 heavy (non-hydrogen) atoms. The number of likely N-dealkylation sites (tertiary alicyclic amines) is 4. The van der Waals surface area contributed by atoms with Crippen LogP contribution in [0, 0.1) is 46.3 Å². The van der Waals surface area contributed by atoms with Gasteiger partial charge in [0, 0.05) is 79.5 Å². The van der Waals surface area contributed by atoms with Crippen molar-refractivity contribution in [3.05, 3.63) is 0 Å². The molecule has 6 fully saturated rings. The number of amides is 6. The average molecular weight is 667 g/mol. The van der Waals surface area contributed by atoms with Crippen LogP contribution in [-0.4, -0.2) is 158 Å². The number of nitrogens with one attached hydrogen (secondary N) is 2. The minimum atomic E-state index is -0.243. The summed E-state index contributed by atoms with van der Waals surface area (Å²) in [7, 11) is 7.16. The predicted molar refractivity (Wildman–Crippen MR) is 178 cm³/mol. The molecule has 2 aliphatic carbocycles. The second-order valence-corrected chi connectivity index (χ2v) is 15.1. The third-order valence-electron chi connectivity index (χ3n) is 11.3. The summed E-state index contributed by atoms with van der Waals surface area (Å²) in [6.45, 7) is 5.37. The average Bonchev–Trinajstić information content (AvgIpc) is 3.90. The number of urea groups is 2. The van der Waals surface area contributed by atoms with Crippen LogP contribution in [-0.2, 0) is 9.59 Å². The molecule has 2 N–H and O–H groups in total. The van der Waals surface area contributed by atoms with Crippen LogP contribution in [0.25, 0.3) is 0 Å². The van der Waals surface area contributed by atoms with E-state index in [0.717, 1.165) is 77.5 Å². The SMILES string of the molecule is CN(C)C(=O)N1C[C@H]2CC(NCC(=O)N3CCC[C@H]3C#N)C[C@H]2C1.CN(C)C(=O)N1C[C@H]2CC(NCC(=O)N3CCC[C@H]3C#N)C[C@H]2C1. The van der Waals surface area contributed by atoms with Crippen molar-refractivity contribution >= 4 is 23.9 Å². The van der Waals surface area contributed by atoms with Gasteiger partial charge in [0.15, 0.2) is 0 Å². The van der Waals surface area contributed by atoms with Gasteiger partial charge >= 0.3 is 12.1 Å². The smallest absolute Gasteiger partial charge is 0.319 e. The molecule has 0 aromatic carbocycles. The van der Waals surface area contributed by atoms with Gasteiger partial charge in [-0.3, -0.25) is 9.59 Å². The number of nitriles is 2. The van der Waals surface area contributed by atoms with Crippen LogP contribution in [0.4, 0.5) is 9.59 Å². The summed E-state index contributed by atoms with van der Waals surface area (Å²) in [5.74, 6) is 2.25. The first-order chi connectivity index (χ1) is 23.0. The number of rotatable bonds is 6. The van der Waals surface area contributed by atoms with Crippen LogP contribution < -0.4 is 10.6 Å². The normalized spacial score (nSPS) is 31.9. The molecule has 4 aliphatic heterocycles. The van der Waals surface area contributed by atoms with E-state index in [4.69, 9.17) is 10.5 Å². The van der Waals surface area contributed by atoms with Crippen LogP contribution in [0.3, 0.4) is 0 Å². The van der Waals surface area contributed by atoms with E-state index in [-0.39, 0.29) is 36.0 Å². The predicted octanol–water partition coefficient (Wildman–Crippen LogP) is 0.965. The Bertz CT molecular complexity index is 1160. The fraction of sp³-hybridized carbons (Fsp3) is 0.824. The zero-order valence-electron chi connectivity index (χ0n) is 29.1. The Kier molecular flexibility index (Phi) is 11.7. The highest BCUT2D eigenvalue weighted by Crippen LogP contribution is 2.39. The minimum Gasteiger partial charge on any atom is -0.331 e. The van der Waals surface area contributed by atoms with Gasteiger partial charge in [0.05, 0.1) is 25.2 Å². The lowest BCUT2D eigenvalue weighted by atomic mass is 10.0. The van der Waals surface area contributed by atoms with Crippen molar-refractivity contribution in [2.75, 3.05) is 80.5 Å². The third-order valence-corrected chi connectivity index (χ3v) is 11.3. The van der Waals surface area contributed by atoms with E-state index in [1.807, 2.05) is 9.80 Å². The Morgan fingerprint density at radius 1 is 0.625 bits per heavy atom. The molecular weight excluding hydrogens is 612 g/mol. The molecule has 4 heterocycles. The Hall–Kier alpha value is -3.62. The lowest BCUT2D eigenvalue weighted by molar-refractivity contribution is -0.131. The zero-order chi connectivity index (χ0) is 34.5. The van der Waals surface area contributed by atoms with Crippen molar-refractivity contribution in [1.29, 1.82) is 10.5 Å². The first-order valence-electron chi connectivity index (χ1n) is 17.8. The Morgan fingerprint density at radius 3 is 1.25 bits per heavy atom. The molecule has 2 unspecified atom stereocenters. The molecule has 264 valence electrons. The lowest BCUT2D eigenvalue weighted by Gasteiger charge is -2.24. The highest BCUT2D eigenvalue weighted by Gasteiger charge is 2.44. The molecule has 6 aliphatic rings. The molecule has 14 heteroatoms. The topological polar surface area (TPSA) is 159 Å². The van der Waals surface area contributed by atoms with Gasteiger partial charge in [0.25, 0.3) is 0 Å². The number of hydrogen-bond donors (Lipinski definition) is 2. The van der Waals surface area contributed by atoms with Gasteiger partial charge in [0.2, 0.25) is 11.8 Å². The van der Waals surface area contributed by atoms with Gasteiger partial charge < -0.3 is 40.0 Å². The molecule has 6 amide bonds. The van der Waals surface area contributed by atoms with E-state index in [1.165, 1.54) is 0 Å². The second kappa shape index (κ2) is 15.7. The van der Waals surface area contributed by atoms with Gasteiger partial charge in [0.1, 0.15) is 12.1 Å². The molecule has 0 aromatic rings. The van der Waals surface area contributed by atoms with Crippen molar-refractivity contribution < 1.29 is 19.2 Å². The Balaban J connectivity index is 0.000000188. The van der Waals surface area contributed by atoms with Gasteiger partial charge in [-0.25, -0.2) is 9.59 Å². The molecule has 0 aromatic heterocycles. The van der Waals surface area contributed by atoms with Gasteiger partial charge in [-0.1, -0.05) is 0 Å². The first-order valence-corrected chi connectivity index (χ1v) is 17.8. The molecule has 6 rings (SSSR count). The number of fused-ring (bicyclic) bond motifs is 2. The molecule has 0 bridgehead atoms.